The molecule has 0 saturated heterocycles. The lowest BCUT2D eigenvalue weighted by Gasteiger charge is -2.63. The van der Waals surface area contributed by atoms with Crippen LogP contribution in [0.25, 0.3) is 0 Å². The molecule has 4 atom stereocenters. The molecule has 0 aromatic heterocycles. The molecular formula is C27H42O3. The Bertz CT molecular complexity index is 796. The zero-order valence-corrected chi connectivity index (χ0v) is 20.4. The van der Waals surface area contributed by atoms with Crippen LogP contribution in [0.3, 0.4) is 0 Å². The van der Waals surface area contributed by atoms with Gasteiger partial charge in [-0.25, -0.2) is 0 Å². The zero-order chi connectivity index (χ0) is 21.9. The summed E-state index contributed by atoms with van der Waals surface area (Å²) < 4.78 is 19.0. The third kappa shape index (κ3) is 3.41. The quantitative estimate of drug-likeness (QED) is 0.523. The van der Waals surface area contributed by atoms with E-state index in [2.05, 4.69) is 67.5 Å². The van der Waals surface area contributed by atoms with E-state index in [-0.39, 0.29) is 17.6 Å². The summed E-state index contributed by atoms with van der Waals surface area (Å²) in [5, 5.41) is 0. The van der Waals surface area contributed by atoms with Gasteiger partial charge in [-0.1, -0.05) is 34.1 Å². The minimum Gasteiger partial charge on any atom is -0.493 e. The van der Waals surface area contributed by atoms with Gasteiger partial charge < -0.3 is 14.2 Å². The van der Waals surface area contributed by atoms with Gasteiger partial charge in [-0.05, 0) is 70.1 Å². The molecule has 1 aliphatic heterocycles. The normalized spacial score (nSPS) is 34.6. The lowest BCUT2D eigenvalue weighted by Crippen LogP contribution is -2.59. The first-order chi connectivity index (χ1) is 14.0. The molecule has 0 unspecified atom stereocenters. The molecule has 0 amide bonds. The molecule has 2 aliphatic carbocycles. The van der Waals surface area contributed by atoms with Gasteiger partial charge >= 0.3 is 0 Å². The van der Waals surface area contributed by atoms with E-state index < -0.39 is 0 Å². The van der Waals surface area contributed by atoms with Crippen molar-refractivity contribution < 1.29 is 14.2 Å². The van der Waals surface area contributed by atoms with Crippen LogP contribution in [0.2, 0.25) is 0 Å². The third-order valence-corrected chi connectivity index (χ3v) is 8.54. The molecule has 0 radical (unpaired) electrons. The first kappa shape index (κ1) is 21.8. The van der Waals surface area contributed by atoms with E-state index in [0.717, 1.165) is 29.8 Å². The first-order valence-electron chi connectivity index (χ1n) is 12.1. The fourth-order valence-corrected chi connectivity index (χ4v) is 7.43. The predicted molar refractivity (Wildman–Crippen MR) is 123 cm³/mol. The Labute approximate surface area is 183 Å². The summed E-state index contributed by atoms with van der Waals surface area (Å²) >= 11 is 0. The molecule has 1 aromatic carbocycles. The Morgan fingerprint density at radius 3 is 2.27 bits per heavy atom. The molecule has 3 nitrogen and oxygen atoms in total. The Hall–Kier alpha value is -1.38. The number of ether oxygens (including phenoxy) is 3. The Morgan fingerprint density at radius 1 is 0.900 bits per heavy atom. The van der Waals surface area contributed by atoms with E-state index >= 15 is 0 Å². The second-order valence-electron chi connectivity index (χ2n) is 11.8. The van der Waals surface area contributed by atoms with E-state index in [9.17, 15) is 0 Å². The average molecular weight is 415 g/mol. The number of hydrogen-bond acceptors (Lipinski definition) is 3. The molecule has 0 spiro atoms. The molecule has 1 aromatic rings. The van der Waals surface area contributed by atoms with Crippen molar-refractivity contribution in [3.05, 3.63) is 17.7 Å². The van der Waals surface area contributed by atoms with Crippen molar-refractivity contribution >= 4 is 0 Å². The van der Waals surface area contributed by atoms with E-state index in [1.165, 1.54) is 37.7 Å². The van der Waals surface area contributed by atoms with E-state index in [0.29, 0.717) is 16.7 Å². The second-order valence-corrected chi connectivity index (χ2v) is 11.8. The number of rotatable bonds is 4. The highest BCUT2D eigenvalue weighted by atomic mass is 16.5. The SMILES string of the molecule is CC(C)Oc1cc2c(c(OC(C)C)c1)[C@]1(C)CC[C@H]3C(C)(C)CCC[C@]3(C)[C@H]1CO2. The molecule has 168 valence electrons. The van der Waals surface area contributed by atoms with Gasteiger partial charge in [0.2, 0.25) is 0 Å². The molecule has 0 N–H and O–H groups in total. The van der Waals surface area contributed by atoms with Gasteiger partial charge in [-0.2, -0.15) is 0 Å². The van der Waals surface area contributed by atoms with Crippen molar-refractivity contribution in [2.24, 2.45) is 22.7 Å². The highest BCUT2D eigenvalue weighted by Crippen LogP contribution is 2.67. The van der Waals surface area contributed by atoms with Crippen LogP contribution in [0.1, 0.15) is 93.1 Å². The summed E-state index contributed by atoms with van der Waals surface area (Å²) in [6.07, 6.45) is 6.74. The summed E-state index contributed by atoms with van der Waals surface area (Å²) in [7, 11) is 0. The second kappa shape index (κ2) is 7.35. The van der Waals surface area contributed by atoms with Crippen molar-refractivity contribution in [2.45, 2.75) is 105 Å². The predicted octanol–water partition coefficient (Wildman–Crippen LogP) is 7.15. The van der Waals surface area contributed by atoms with Crippen molar-refractivity contribution in [1.29, 1.82) is 0 Å². The number of fused-ring (bicyclic) bond motifs is 5. The summed E-state index contributed by atoms with van der Waals surface area (Å²) in [6, 6.07) is 4.21. The molecule has 30 heavy (non-hydrogen) atoms. The molecule has 3 aliphatic rings. The largest absolute Gasteiger partial charge is 0.493 e. The minimum absolute atomic E-state index is 0.0762. The van der Waals surface area contributed by atoms with Crippen LogP contribution in [0.15, 0.2) is 12.1 Å². The topological polar surface area (TPSA) is 27.7 Å². The summed E-state index contributed by atoms with van der Waals surface area (Å²) in [5.41, 5.74) is 2.09. The van der Waals surface area contributed by atoms with Crippen molar-refractivity contribution in [1.82, 2.24) is 0 Å². The van der Waals surface area contributed by atoms with Crippen LogP contribution < -0.4 is 14.2 Å². The van der Waals surface area contributed by atoms with Crippen LogP contribution in [0.5, 0.6) is 17.2 Å². The number of hydrogen-bond donors (Lipinski definition) is 0. The lowest BCUT2D eigenvalue weighted by atomic mass is 9.42. The Balaban J connectivity index is 1.81. The maximum Gasteiger partial charge on any atom is 0.130 e. The minimum atomic E-state index is 0.0762. The van der Waals surface area contributed by atoms with Crippen molar-refractivity contribution in [3.63, 3.8) is 0 Å². The van der Waals surface area contributed by atoms with Gasteiger partial charge in [0, 0.05) is 29.0 Å². The van der Waals surface area contributed by atoms with E-state index in [4.69, 9.17) is 14.2 Å². The summed E-state index contributed by atoms with van der Waals surface area (Å²) in [4.78, 5) is 0. The van der Waals surface area contributed by atoms with Gasteiger partial charge in [0.05, 0.1) is 18.8 Å². The molecule has 3 heteroatoms. The van der Waals surface area contributed by atoms with Gasteiger partial charge in [0.15, 0.2) is 0 Å². The third-order valence-electron chi connectivity index (χ3n) is 8.54. The highest BCUT2D eigenvalue weighted by Gasteiger charge is 2.61. The molecule has 0 bridgehead atoms. The fourth-order valence-electron chi connectivity index (χ4n) is 7.43. The van der Waals surface area contributed by atoms with E-state index in [1.807, 2.05) is 0 Å². The maximum absolute atomic E-state index is 6.52. The fraction of sp³-hybridized carbons (Fsp3) is 0.778. The van der Waals surface area contributed by atoms with Crippen LogP contribution >= 0.6 is 0 Å². The van der Waals surface area contributed by atoms with Gasteiger partial charge in [0.25, 0.3) is 0 Å². The lowest BCUT2D eigenvalue weighted by molar-refractivity contribution is -0.124. The molecule has 2 saturated carbocycles. The zero-order valence-electron chi connectivity index (χ0n) is 20.4. The smallest absolute Gasteiger partial charge is 0.130 e. The highest BCUT2D eigenvalue weighted by molar-refractivity contribution is 5.56. The average Bonchev–Trinajstić information content (AvgIpc) is 2.58. The molecule has 1 heterocycles. The van der Waals surface area contributed by atoms with Crippen molar-refractivity contribution in [3.8, 4) is 17.2 Å². The van der Waals surface area contributed by atoms with Crippen LogP contribution in [0, 0.1) is 22.7 Å². The van der Waals surface area contributed by atoms with E-state index in [1.54, 1.807) is 0 Å². The van der Waals surface area contributed by atoms with Crippen molar-refractivity contribution in [2.75, 3.05) is 6.61 Å². The summed E-state index contributed by atoms with van der Waals surface area (Å²) in [5.74, 6) is 4.06. The Kier molecular flexibility index (Phi) is 5.35. The maximum atomic E-state index is 6.52. The molecule has 2 fully saturated rings. The first-order valence-corrected chi connectivity index (χ1v) is 12.1. The van der Waals surface area contributed by atoms with Gasteiger partial charge in [-0.3, -0.25) is 0 Å². The molecule has 4 rings (SSSR count). The van der Waals surface area contributed by atoms with Crippen LogP contribution in [0.4, 0.5) is 0 Å². The van der Waals surface area contributed by atoms with Gasteiger partial charge in [-0.15, -0.1) is 0 Å². The molecular weight excluding hydrogens is 372 g/mol. The van der Waals surface area contributed by atoms with Crippen LogP contribution in [-0.2, 0) is 5.41 Å². The van der Waals surface area contributed by atoms with Gasteiger partial charge in [0.1, 0.15) is 17.2 Å². The standard InChI is InChI=1S/C27H42O3/c1-17(2)29-19-14-20-24(21(15-19)30-18(3)4)27(8)13-10-22-25(5,6)11-9-12-26(22,7)23(27)16-28-20/h14-15,17-18,22-23H,9-13,16H2,1-8H3/t22-,23+,26-,27+/m0/s1. The number of benzene rings is 1. The monoisotopic (exact) mass is 414 g/mol. The Morgan fingerprint density at radius 2 is 1.60 bits per heavy atom. The van der Waals surface area contributed by atoms with Crippen LogP contribution in [-0.4, -0.2) is 18.8 Å². The summed E-state index contributed by atoms with van der Waals surface area (Å²) in [6.45, 7) is 19.2.